The van der Waals surface area contributed by atoms with Crippen LogP contribution in [0.5, 0.6) is 11.5 Å². The van der Waals surface area contributed by atoms with Gasteiger partial charge in [-0.2, -0.15) is 0 Å². The van der Waals surface area contributed by atoms with E-state index in [0.29, 0.717) is 0 Å². The molecule has 2 heterocycles. The van der Waals surface area contributed by atoms with Gasteiger partial charge in [0.1, 0.15) is 22.9 Å². The van der Waals surface area contributed by atoms with E-state index < -0.39 is 40.4 Å². The first-order valence-corrected chi connectivity index (χ1v) is 11.1. The highest BCUT2D eigenvalue weighted by Gasteiger charge is 2.28. The number of carbonyl (C=O) groups is 2. The fourth-order valence-electron chi connectivity index (χ4n) is 3.58. The quantitative estimate of drug-likeness (QED) is 0.315. The maximum atomic E-state index is 15.5. The van der Waals surface area contributed by atoms with Crippen molar-refractivity contribution in [2.75, 3.05) is 22.6 Å². The molecule has 0 saturated heterocycles. The summed E-state index contributed by atoms with van der Waals surface area (Å²) in [6.07, 6.45) is 2.62. The molecule has 4 aromatic rings. The number of nitrogens with zero attached hydrogens (tertiary/aromatic N) is 2. The van der Waals surface area contributed by atoms with Crippen LogP contribution in [0.25, 0.3) is 0 Å². The van der Waals surface area contributed by atoms with Crippen LogP contribution in [0.4, 0.5) is 36.1 Å². The summed E-state index contributed by atoms with van der Waals surface area (Å²) in [5, 5.41) is 5.16. The SMILES string of the molecule is CNc1cc[nH]c(=O)c1C(=O)N(c1ccc(F)cc1)c1cc(F)c(Oc2ccnc(NC(C)=O)c2)cc1F. The first-order chi connectivity index (χ1) is 18.2. The number of hydrogen-bond acceptors (Lipinski definition) is 6. The predicted molar refractivity (Wildman–Crippen MR) is 134 cm³/mol. The Morgan fingerprint density at radius 1 is 1.00 bits per heavy atom. The number of anilines is 4. The van der Waals surface area contributed by atoms with Gasteiger partial charge in [-0.15, -0.1) is 0 Å². The number of aromatic amines is 1. The average Bonchev–Trinajstić information content (AvgIpc) is 2.87. The number of aromatic nitrogens is 2. The van der Waals surface area contributed by atoms with Crippen molar-refractivity contribution in [3.63, 3.8) is 0 Å². The molecule has 0 bridgehead atoms. The monoisotopic (exact) mass is 523 g/mol. The molecule has 9 nitrogen and oxygen atoms in total. The molecule has 0 aliphatic heterocycles. The molecule has 0 fully saturated rings. The van der Waals surface area contributed by atoms with Crippen LogP contribution in [0.1, 0.15) is 17.3 Å². The summed E-state index contributed by atoms with van der Waals surface area (Å²) in [5.74, 6) is -4.47. The number of hydrogen-bond donors (Lipinski definition) is 3. The van der Waals surface area contributed by atoms with Crippen LogP contribution in [0.3, 0.4) is 0 Å². The number of ether oxygens (including phenoxy) is 1. The number of rotatable bonds is 7. The minimum atomic E-state index is -1.08. The maximum Gasteiger partial charge on any atom is 0.270 e. The molecule has 12 heteroatoms. The Morgan fingerprint density at radius 2 is 1.74 bits per heavy atom. The average molecular weight is 523 g/mol. The fraction of sp³-hybridized carbons (Fsp3) is 0.0769. The van der Waals surface area contributed by atoms with Crippen molar-refractivity contribution in [2.45, 2.75) is 6.92 Å². The third kappa shape index (κ3) is 5.48. The molecule has 0 atom stereocenters. The zero-order valence-electron chi connectivity index (χ0n) is 20.0. The summed E-state index contributed by atoms with van der Waals surface area (Å²) in [4.78, 5) is 44.5. The standard InChI is InChI=1S/C26H20F3N5O4/c1-14(35)33-23-11-17(7-9-31-23)38-22-13-18(28)21(12-19(22)29)34(16-5-3-15(27)4-6-16)26(37)24-20(30-2)8-10-32-25(24)36/h3-13H,1-2H3,(H2,30,32,36)(H,31,33,35). The van der Waals surface area contributed by atoms with E-state index in [1.807, 2.05) is 0 Å². The highest BCUT2D eigenvalue weighted by Crippen LogP contribution is 2.36. The van der Waals surface area contributed by atoms with Gasteiger partial charge in [0.2, 0.25) is 5.91 Å². The normalized spacial score (nSPS) is 10.6. The van der Waals surface area contributed by atoms with Crippen LogP contribution in [0.2, 0.25) is 0 Å². The van der Waals surface area contributed by atoms with Gasteiger partial charge in [-0.25, -0.2) is 18.2 Å². The molecule has 38 heavy (non-hydrogen) atoms. The van der Waals surface area contributed by atoms with Crippen molar-refractivity contribution >= 4 is 34.7 Å². The summed E-state index contributed by atoms with van der Waals surface area (Å²) in [6.45, 7) is 1.28. The topological polar surface area (TPSA) is 116 Å². The number of nitrogens with one attached hydrogen (secondary N) is 3. The summed E-state index contributed by atoms with van der Waals surface area (Å²) in [7, 11) is 1.48. The Balaban J connectivity index is 1.79. The fourth-order valence-corrected chi connectivity index (χ4v) is 3.58. The highest BCUT2D eigenvalue weighted by molar-refractivity contribution is 6.13. The smallest absolute Gasteiger partial charge is 0.270 e. The molecule has 0 unspecified atom stereocenters. The molecule has 194 valence electrons. The van der Waals surface area contributed by atoms with Gasteiger partial charge in [0.05, 0.1) is 11.4 Å². The van der Waals surface area contributed by atoms with Crippen LogP contribution in [0, 0.1) is 17.5 Å². The molecule has 2 aromatic heterocycles. The number of H-pyrrole nitrogens is 1. The van der Waals surface area contributed by atoms with Crippen LogP contribution in [-0.2, 0) is 4.79 Å². The van der Waals surface area contributed by atoms with Crippen LogP contribution in [0.15, 0.2) is 71.8 Å². The highest BCUT2D eigenvalue weighted by atomic mass is 19.1. The van der Waals surface area contributed by atoms with E-state index in [2.05, 4.69) is 20.6 Å². The third-order valence-electron chi connectivity index (χ3n) is 5.24. The van der Waals surface area contributed by atoms with E-state index in [0.717, 1.165) is 29.2 Å². The largest absolute Gasteiger partial charge is 0.454 e. The zero-order valence-corrected chi connectivity index (χ0v) is 20.0. The van der Waals surface area contributed by atoms with Gasteiger partial charge in [-0.1, -0.05) is 0 Å². The van der Waals surface area contributed by atoms with Crippen LogP contribution >= 0.6 is 0 Å². The van der Waals surface area contributed by atoms with Crippen LogP contribution in [-0.4, -0.2) is 28.8 Å². The van der Waals surface area contributed by atoms with Gasteiger partial charge in [-0.05, 0) is 36.4 Å². The van der Waals surface area contributed by atoms with E-state index in [4.69, 9.17) is 4.74 Å². The van der Waals surface area contributed by atoms with E-state index in [9.17, 15) is 18.8 Å². The summed E-state index contributed by atoms with van der Waals surface area (Å²) in [6, 6.07) is 9.98. The molecule has 2 aromatic carbocycles. The molecular weight excluding hydrogens is 503 g/mol. The second-order valence-electron chi connectivity index (χ2n) is 7.86. The van der Waals surface area contributed by atoms with Gasteiger partial charge >= 0.3 is 0 Å². The molecule has 0 aliphatic rings. The molecule has 3 N–H and O–H groups in total. The summed E-state index contributed by atoms with van der Waals surface area (Å²) >= 11 is 0. The van der Waals surface area contributed by atoms with E-state index in [-0.39, 0.29) is 34.4 Å². The molecule has 0 radical (unpaired) electrons. The predicted octanol–water partition coefficient (Wildman–Crippen LogP) is 4.96. The number of carbonyl (C=O) groups excluding carboxylic acids is 2. The Labute approximate surface area is 213 Å². The van der Waals surface area contributed by atoms with Gasteiger partial charge in [-0.3, -0.25) is 19.3 Å². The lowest BCUT2D eigenvalue weighted by atomic mass is 10.1. The summed E-state index contributed by atoms with van der Waals surface area (Å²) in [5.41, 5.74) is -1.59. The Morgan fingerprint density at radius 3 is 2.42 bits per heavy atom. The number of amides is 2. The number of benzene rings is 2. The van der Waals surface area contributed by atoms with E-state index in [1.54, 1.807) is 0 Å². The minimum Gasteiger partial charge on any atom is -0.454 e. The molecular formula is C26H20F3N5O4. The molecule has 4 rings (SSSR count). The Bertz CT molecular complexity index is 1570. The number of pyridine rings is 2. The van der Waals surface area contributed by atoms with Crippen molar-refractivity contribution in [2.24, 2.45) is 0 Å². The van der Waals surface area contributed by atoms with E-state index >= 15 is 8.78 Å². The van der Waals surface area contributed by atoms with Gasteiger partial charge in [0.15, 0.2) is 17.4 Å². The number of halogens is 3. The van der Waals surface area contributed by atoms with Crippen molar-refractivity contribution < 1.29 is 27.5 Å². The zero-order chi connectivity index (χ0) is 27.4. The van der Waals surface area contributed by atoms with Crippen LogP contribution < -0.4 is 25.8 Å². The van der Waals surface area contributed by atoms with Gasteiger partial charge < -0.3 is 20.4 Å². The first kappa shape index (κ1) is 25.9. The second kappa shape index (κ2) is 10.9. The lowest BCUT2D eigenvalue weighted by Crippen LogP contribution is -2.33. The minimum absolute atomic E-state index is 0.0252. The van der Waals surface area contributed by atoms with Crippen molar-refractivity contribution in [3.8, 4) is 11.5 Å². The lowest BCUT2D eigenvalue weighted by Gasteiger charge is -2.24. The maximum absolute atomic E-state index is 15.5. The van der Waals surface area contributed by atoms with Gasteiger partial charge in [0.25, 0.3) is 11.5 Å². The Kier molecular flexibility index (Phi) is 7.42. The summed E-state index contributed by atoms with van der Waals surface area (Å²) < 4.78 is 49.7. The Hall–Kier alpha value is -5.13. The van der Waals surface area contributed by atoms with Crippen molar-refractivity contribution in [3.05, 3.63) is 100 Å². The van der Waals surface area contributed by atoms with E-state index in [1.165, 1.54) is 56.7 Å². The first-order valence-electron chi connectivity index (χ1n) is 11.1. The van der Waals surface area contributed by atoms with Gasteiger partial charge in [0, 0.05) is 50.3 Å². The molecule has 0 aliphatic carbocycles. The van der Waals surface area contributed by atoms with Crippen molar-refractivity contribution in [1.29, 1.82) is 0 Å². The molecule has 0 saturated carbocycles. The molecule has 0 spiro atoms. The second-order valence-corrected chi connectivity index (χ2v) is 7.86. The van der Waals surface area contributed by atoms with Crippen molar-refractivity contribution in [1.82, 2.24) is 9.97 Å². The third-order valence-corrected chi connectivity index (χ3v) is 5.24. The molecule has 2 amide bonds. The lowest BCUT2D eigenvalue weighted by molar-refractivity contribution is -0.114.